The molecule has 0 saturated heterocycles. The van der Waals surface area contributed by atoms with E-state index in [1.165, 1.54) is 11.3 Å². The largest absolute Gasteiger partial charge is 0.381 e. The third kappa shape index (κ3) is 2.08. The summed E-state index contributed by atoms with van der Waals surface area (Å²) in [4.78, 5) is 4.13. The molecule has 0 aliphatic carbocycles. The van der Waals surface area contributed by atoms with Crippen LogP contribution in [0.5, 0.6) is 0 Å². The summed E-state index contributed by atoms with van der Waals surface area (Å²) >= 11 is 1.48. The highest BCUT2D eigenvalue weighted by Gasteiger charge is 2.14. The van der Waals surface area contributed by atoms with Gasteiger partial charge in [0.1, 0.15) is 11.1 Å². The van der Waals surface area contributed by atoms with Crippen LogP contribution in [0, 0.1) is 13.8 Å². The topological polar surface area (TPSA) is 33.1 Å². The fourth-order valence-corrected chi connectivity index (χ4v) is 2.20. The van der Waals surface area contributed by atoms with E-state index in [1.807, 2.05) is 37.4 Å². The molecule has 0 fully saturated rings. The minimum Gasteiger partial charge on any atom is -0.381 e. The van der Waals surface area contributed by atoms with E-state index in [0.29, 0.717) is 0 Å². The highest BCUT2D eigenvalue weighted by atomic mass is 32.1. The Kier molecular flexibility index (Phi) is 2.84. The Morgan fingerprint density at radius 1 is 1.33 bits per heavy atom. The summed E-state index contributed by atoms with van der Waals surface area (Å²) in [6.45, 7) is 4.03. The van der Waals surface area contributed by atoms with E-state index in [1.54, 1.807) is 6.20 Å². The van der Waals surface area contributed by atoms with Gasteiger partial charge in [0.05, 0.1) is 0 Å². The van der Waals surface area contributed by atoms with Crippen LogP contribution in [-0.4, -0.2) is 10.1 Å². The van der Waals surface area contributed by atoms with Crippen molar-refractivity contribution < 1.29 is 5.11 Å². The van der Waals surface area contributed by atoms with Gasteiger partial charge in [0.15, 0.2) is 0 Å². The number of rotatable bonds is 2. The second-order valence-corrected chi connectivity index (χ2v) is 4.56. The van der Waals surface area contributed by atoms with Gasteiger partial charge in [-0.25, -0.2) is 4.98 Å². The fraction of sp³-hybridized carbons (Fsp3) is 0.250. The SMILES string of the molecule is Cc1ccc(C)c(C(O)c2nccs2)c1. The molecule has 1 N–H and O–H groups in total. The maximum Gasteiger partial charge on any atom is 0.131 e. The molecule has 0 aliphatic rings. The number of benzene rings is 1. The van der Waals surface area contributed by atoms with E-state index in [-0.39, 0.29) is 0 Å². The molecule has 0 saturated carbocycles. The van der Waals surface area contributed by atoms with Crippen LogP contribution in [0.3, 0.4) is 0 Å². The van der Waals surface area contributed by atoms with Gasteiger partial charge in [-0.1, -0.05) is 23.8 Å². The quantitative estimate of drug-likeness (QED) is 0.842. The average Bonchev–Trinajstić information content (AvgIpc) is 2.74. The second-order valence-electron chi connectivity index (χ2n) is 3.63. The molecule has 0 bridgehead atoms. The van der Waals surface area contributed by atoms with E-state index in [4.69, 9.17) is 0 Å². The van der Waals surface area contributed by atoms with Crippen LogP contribution in [0.2, 0.25) is 0 Å². The molecule has 78 valence electrons. The van der Waals surface area contributed by atoms with Gasteiger partial charge in [-0.05, 0) is 25.0 Å². The van der Waals surface area contributed by atoms with Crippen molar-refractivity contribution in [3.8, 4) is 0 Å². The van der Waals surface area contributed by atoms with Crippen molar-refractivity contribution in [1.29, 1.82) is 0 Å². The second kappa shape index (κ2) is 4.13. The number of hydrogen-bond acceptors (Lipinski definition) is 3. The van der Waals surface area contributed by atoms with Gasteiger partial charge in [-0.3, -0.25) is 0 Å². The van der Waals surface area contributed by atoms with Gasteiger partial charge in [0.25, 0.3) is 0 Å². The van der Waals surface area contributed by atoms with Crippen LogP contribution in [0.4, 0.5) is 0 Å². The average molecular weight is 219 g/mol. The molecule has 1 aromatic heterocycles. The van der Waals surface area contributed by atoms with E-state index in [0.717, 1.165) is 21.7 Å². The molecule has 1 atom stereocenters. The monoisotopic (exact) mass is 219 g/mol. The predicted octanol–water partition coefficient (Wildman–Crippen LogP) is 2.84. The molecule has 1 heterocycles. The summed E-state index contributed by atoms with van der Waals surface area (Å²) in [6.07, 6.45) is 1.12. The molecule has 0 radical (unpaired) electrons. The fourth-order valence-electron chi connectivity index (χ4n) is 1.56. The molecule has 1 unspecified atom stereocenters. The van der Waals surface area contributed by atoms with Gasteiger partial charge >= 0.3 is 0 Å². The van der Waals surface area contributed by atoms with Crippen LogP contribution in [-0.2, 0) is 0 Å². The lowest BCUT2D eigenvalue weighted by molar-refractivity contribution is 0.219. The third-order valence-electron chi connectivity index (χ3n) is 2.41. The summed E-state index contributed by atoms with van der Waals surface area (Å²) in [5.41, 5.74) is 3.21. The van der Waals surface area contributed by atoms with Gasteiger partial charge in [0, 0.05) is 11.6 Å². The minimum absolute atomic E-state index is 0.593. The zero-order valence-electron chi connectivity index (χ0n) is 8.77. The Labute approximate surface area is 93.2 Å². The van der Waals surface area contributed by atoms with E-state index < -0.39 is 6.10 Å². The molecule has 0 spiro atoms. The lowest BCUT2D eigenvalue weighted by atomic mass is 10.0. The molecule has 2 nitrogen and oxygen atoms in total. The third-order valence-corrected chi connectivity index (χ3v) is 3.24. The first kappa shape index (κ1) is 10.3. The number of hydrogen-bond donors (Lipinski definition) is 1. The van der Waals surface area contributed by atoms with Crippen molar-refractivity contribution in [3.05, 3.63) is 51.5 Å². The number of aromatic nitrogens is 1. The molecule has 2 aromatic rings. The molecule has 15 heavy (non-hydrogen) atoms. The molecular weight excluding hydrogens is 206 g/mol. The standard InChI is InChI=1S/C12H13NOS/c1-8-3-4-9(2)10(7-8)11(14)12-13-5-6-15-12/h3-7,11,14H,1-2H3. The van der Waals surface area contributed by atoms with E-state index in [9.17, 15) is 5.11 Å². The number of thiazole rings is 1. The molecule has 0 amide bonds. The zero-order chi connectivity index (χ0) is 10.8. The number of aliphatic hydroxyl groups excluding tert-OH is 1. The normalized spacial score (nSPS) is 12.7. The molecule has 3 heteroatoms. The minimum atomic E-state index is -0.593. The summed E-state index contributed by atoms with van der Waals surface area (Å²) in [6, 6.07) is 6.09. The first-order chi connectivity index (χ1) is 7.18. The van der Waals surface area contributed by atoms with E-state index in [2.05, 4.69) is 4.98 Å². The van der Waals surface area contributed by atoms with Crippen LogP contribution < -0.4 is 0 Å². The summed E-state index contributed by atoms with van der Waals surface area (Å²) in [5.74, 6) is 0. The van der Waals surface area contributed by atoms with Gasteiger partial charge in [0.2, 0.25) is 0 Å². The number of aryl methyl sites for hydroxylation is 2. The van der Waals surface area contributed by atoms with Gasteiger partial charge in [-0.2, -0.15) is 0 Å². The van der Waals surface area contributed by atoms with Crippen molar-refractivity contribution >= 4 is 11.3 Å². The lowest BCUT2D eigenvalue weighted by Gasteiger charge is -2.11. The Hall–Kier alpha value is -1.19. The smallest absolute Gasteiger partial charge is 0.131 e. The Bertz CT molecular complexity index is 451. The molecule has 0 aliphatic heterocycles. The van der Waals surface area contributed by atoms with Crippen LogP contribution in [0.15, 0.2) is 29.8 Å². The molecule has 2 rings (SSSR count). The summed E-state index contributed by atoms with van der Waals surface area (Å²) < 4.78 is 0. The van der Waals surface area contributed by atoms with Gasteiger partial charge in [-0.15, -0.1) is 11.3 Å². The van der Waals surface area contributed by atoms with E-state index >= 15 is 0 Å². The van der Waals surface area contributed by atoms with Crippen molar-refractivity contribution in [2.75, 3.05) is 0 Å². The Balaban J connectivity index is 2.41. The van der Waals surface area contributed by atoms with Gasteiger partial charge < -0.3 is 5.11 Å². The van der Waals surface area contributed by atoms with Crippen LogP contribution in [0.1, 0.15) is 27.8 Å². The zero-order valence-corrected chi connectivity index (χ0v) is 9.58. The Morgan fingerprint density at radius 2 is 2.13 bits per heavy atom. The molecule has 1 aromatic carbocycles. The first-order valence-corrected chi connectivity index (χ1v) is 5.71. The highest BCUT2D eigenvalue weighted by Crippen LogP contribution is 2.26. The molecular formula is C12H13NOS. The van der Waals surface area contributed by atoms with Crippen LogP contribution >= 0.6 is 11.3 Å². The van der Waals surface area contributed by atoms with Crippen molar-refractivity contribution in [3.63, 3.8) is 0 Å². The predicted molar refractivity (Wildman–Crippen MR) is 62.1 cm³/mol. The number of aliphatic hydroxyl groups is 1. The summed E-state index contributed by atoms with van der Waals surface area (Å²) in [7, 11) is 0. The van der Waals surface area contributed by atoms with Crippen molar-refractivity contribution in [2.24, 2.45) is 0 Å². The lowest BCUT2D eigenvalue weighted by Crippen LogP contribution is -2.01. The van der Waals surface area contributed by atoms with Crippen LogP contribution in [0.25, 0.3) is 0 Å². The van der Waals surface area contributed by atoms with Crippen molar-refractivity contribution in [2.45, 2.75) is 20.0 Å². The Morgan fingerprint density at radius 3 is 2.80 bits per heavy atom. The highest BCUT2D eigenvalue weighted by molar-refractivity contribution is 7.09. The maximum atomic E-state index is 10.1. The first-order valence-electron chi connectivity index (χ1n) is 4.83. The van der Waals surface area contributed by atoms with Crippen molar-refractivity contribution in [1.82, 2.24) is 4.98 Å². The summed E-state index contributed by atoms with van der Waals surface area (Å²) in [5, 5.41) is 12.8. The maximum absolute atomic E-state index is 10.1. The number of nitrogens with zero attached hydrogens (tertiary/aromatic N) is 1.